The van der Waals surface area contributed by atoms with Crippen molar-refractivity contribution in [2.45, 2.75) is 52.2 Å². The number of rotatable bonds is 6. The quantitative estimate of drug-likeness (QED) is 0.594. The number of amides is 2. The standard InChI is InChI=1S/C15H25ClN6O3/c1-5-6-8(20-14(24)25-15(2,3)4)7-19-13(23)9-11(17)22-12(18)10(16)21-9/h8H,5-7H2,1-4H3,(H,19,23)(H,20,24)(H4,17,18,22)/t8-/m1/s1. The summed E-state index contributed by atoms with van der Waals surface area (Å²) in [6.45, 7) is 7.46. The van der Waals surface area contributed by atoms with Crippen LogP contribution in [0, 0.1) is 0 Å². The number of nitrogens with zero attached hydrogens (tertiary/aromatic N) is 2. The van der Waals surface area contributed by atoms with E-state index in [1.165, 1.54) is 0 Å². The van der Waals surface area contributed by atoms with Crippen LogP contribution >= 0.6 is 11.6 Å². The molecule has 9 nitrogen and oxygen atoms in total. The molecular formula is C15H25ClN6O3. The summed E-state index contributed by atoms with van der Waals surface area (Å²) in [6.07, 6.45) is 0.921. The number of hydrogen-bond acceptors (Lipinski definition) is 7. The largest absolute Gasteiger partial charge is 0.444 e. The lowest BCUT2D eigenvalue weighted by Crippen LogP contribution is -2.45. The molecule has 1 aromatic rings. The van der Waals surface area contributed by atoms with Gasteiger partial charge in [0.05, 0.1) is 0 Å². The summed E-state index contributed by atoms with van der Waals surface area (Å²) in [5.74, 6) is -0.725. The smallest absolute Gasteiger partial charge is 0.407 e. The lowest BCUT2D eigenvalue weighted by Gasteiger charge is -2.23. The molecule has 25 heavy (non-hydrogen) atoms. The van der Waals surface area contributed by atoms with Gasteiger partial charge in [0.1, 0.15) is 5.60 Å². The first-order valence-corrected chi connectivity index (χ1v) is 8.27. The molecule has 1 heterocycles. The summed E-state index contributed by atoms with van der Waals surface area (Å²) >= 11 is 5.76. The van der Waals surface area contributed by atoms with Crippen LogP contribution in [0.3, 0.4) is 0 Å². The van der Waals surface area contributed by atoms with Crippen LogP contribution < -0.4 is 22.1 Å². The Morgan fingerprint density at radius 1 is 1.24 bits per heavy atom. The number of ether oxygens (including phenoxy) is 1. The van der Waals surface area contributed by atoms with Crippen LogP contribution in [0.2, 0.25) is 5.15 Å². The van der Waals surface area contributed by atoms with Gasteiger partial charge in [0.25, 0.3) is 5.91 Å². The number of alkyl carbamates (subject to hydrolysis) is 1. The molecule has 0 unspecified atom stereocenters. The van der Waals surface area contributed by atoms with Crippen LogP contribution in [-0.2, 0) is 4.74 Å². The van der Waals surface area contributed by atoms with E-state index in [9.17, 15) is 9.59 Å². The zero-order valence-corrected chi connectivity index (χ0v) is 15.6. The third-order valence-electron chi connectivity index (χ3n) is 2.99. The highest BCUT2D eigenvalue weighted by Gasteiger charge is 2.21. The van der Waals surface area contributed by atoms with Gasteiger partial charge in [-0.05, 0) is 27.2 Å². The van der Waals surface area contributed by atoms with Crippen LogP contribution in [0.25, 0.3) is 0 Å². The Morgan fingerprint density at radius 3 is 2.44 bits per heavy atom. The summed E-state index contributed by atoms with van der Waals surface area (Å²) in [6, 6.07) is -0.303. The van der Waals surface area contributed by atoms with Gasteiger partial charge in [-0.1, -0.05) is 24.9 Å². The Morgan fingerprint density at radius 2 is 1.88 bits per heavy atom. The molecule has 2 amide bonds. The average Bonchev–Trinajstić information content (AvgIpc) is 2.46. The van der Waals surface area contributed by atoms with Gasteiger partial charge in [-0.25, -0.2) is 14.8 Å². The van der Waals surface area contributed by atoms with Gasteiger partial charge in [0.15, 0.2) is 22.5 Å². The summed E-state index contributed by atoms with van der Waals surface area (Å²) in [5, 5.41) is 5.27. The molecule has 0 aliphatic carbocycles. The fourth-order valence-electron chi connectivity index (χ4n) is 1.96. The van der Waals surface area contributed by atoms with Gasteiger partial charge in [-0.15, -0.1) is 0 Å². The average molecular weight is 373 g/mol. The summed E-state index contributed by atoms with van der Waals surface area (Å²) in [4.78, 5) is 31.7. The number of nitrogens with one attached hydrogen (secondary N) is 2. The lowest BCUT2D eigenvalue weighted by atomic mass is 10.1. The summed E-state index contributed by atoms with van der Waals surface area (Å²) in [5.41, 5.74) is 10.4. The number of carbonyl (C=O) groups excluding carboxylic acids is 2. The molecule has 0 spiro atoms. The van der Waals surface area contributed by atoms with Crippen molar-refractivity contribution in [1.29, 1.82) is 0 Å². The van der Waals surface area contributed by atoms with Gasteiger partial charge in [0.2, 0.25) is 0 Å². The summed E-state index contributed by atoms with van der Waals surface area (Å²) in [7, 11) is 0. The van der Waals surface area contributed by atoms with Crippen molar-refractivity contribution in [2.24, 2.45) is 0 Å². The lowest BCUT2D eigenvalue weighted by molar-refractivity contribution is 0.0499. The van der Waals surface area contributed by atoms with Crippen LogP contribution in [0.15, 0.2) is 0 Å². The Kier molecular flexibility index (Phi) is 7.22. The number of aromatic nitrogens is 2. The van der Waals surface area contributed by atoms with E-state index in [-0.39, 0.29) is 35.1 Å². The third-order valence-corrected chi connectivity index (χ3v) is 3.27. The number of halogens is 1. The van der Waals surface area contributed by atoms with Gasteiger partial charge in [0, 0.05) is 12.6 Å². The first kappa shape index (κ1) is 20.8. The SMILES string of the molecule is CCC[C@H](CNC(=O)c1nc(Cl)c(N)nc1N)NC(=O)OC(C)(C)C. The topological polar surface area (TPSA) is 145 Å². The minimum absolute atomic E-state index is 0.0498. The number of carbonyl (C=O) groups is 2. The Labute approximate surface area is 151 Å². The Hall–Kier alpha value is -2.29. The van der Waals surface area contributed by atoms with Crippen LogP contribution in [-0.4, -0.2) is 40.2 Å². The van der Waals surface area contributed by atoms with Crippen molar-refractivity contribution in [3.05, 3.63) is 10.8 Å². The maximum atomic E-state index is 12.2. The van der Waals surface area contributed by atoms with Crippen molar-refractivity contribution in [2.75, 3.05) is 18.0 Å². The molecule has 140 valence electrons. The monoisotopic (exact) mass is 372 g/mol. The zero-order chi connectivity index (χ0) is 19.2. The van der Waals surface area contributed by atoms with E-state index in [4.69, 9.17) is 27.8 Å². The van der Waals surface area contributed by atoms with Crippen LogP contribution in [0.4, 0.5) is 16.4 Å². The molecule has 1 aromatic heterocycles. The zero-order valence-electron chi connectivity index (χ0n) is 14.9. The Balaban J connectivity index is 2.69. The van der Waals surface area contributed by atoms with Gasteiger partial charge in [-0.3, -0.25) is 4.79 Å². The molecule has 10 heteroatoms. The molecule has 0 radical (unpaired) electrons. The van der Waals surface area contributed by atoms with Crippen molar-refractivity contribution >= 4 is 35.2 Å². The van der Waals surface area contributed by atoms with Crippen molar-refractivity contribution in [3.8, 4) is 0 Å². The number of nitrogens with two attached hydrogens (primary N) is 2. The first-order valence-electron chi connectivity index (χ1n) is 7.89. The van der Waals surface area contributed by atoms with E-state index in [1.54, 1.807) is 20.8 Å². The predicted octanol–water partition coefficient (Wildman–Crippen LogP) is 1.72. The maximum absolute atomic E-state index is 12.2. The second-order valence-corrected chi connectivity index (χ2v) is 6.83. The summed E-state index contributed by atoms with van der Waals surface area (Å²) < 4.78 is 5.22. The number of hydrogen-bond donors (Lipinski definition) is 4. The van der Waals surface area contributed by atoms with Gasteiger partial charge >= 0.3 is 6.09 Å². The van der Waals surface area contributed by atoms with Crippen LogP contribution in [0.5, 0.6) is 0 Å². The van der Waals surface area contributed by atoms with E-state index in [2.05, 4.69) is 20.6 Å². The molecule has 0 aliphatic heterocycles. The molecule has 0 bridgehead atoms. The second-order valence-electron chi connectivity index (χ2n) is 6.48. The first-order chi connectivity index (χ1) is 11.5. The molecular weight excluding hydrogens is 348 g/mol. The normalized spacial score (nSPS) is 12.4. The van der Waals surface area contributed by atoms with E-state index >= 15 is 0 Å². The molecule has 0 aromatic carbocycles. The maximum Gasteiger partial charge on any atom is 0.407 e. The van der Waals surface area contributed by atoms with Crippen LogP contribution in [0.1, 0.15) is 51.0 Å². The van der Waals surface area contributed by atoms with Crippen molar-refractivity contribution < 1.29 is 14.3 Å². The van der Waals surface area contributed by atoms with E-state index in [0.29, 0.717) is 6.42 Å². The van der Waals surface area contributed by atoms with Crippen molar-refractivity contribution in [3.63, 3.8) is 0 Å². The number of anilines is 2. The molecule has 0 saturated carbocycles. The van der Waals surface area contributed by atoms with Gasteiger partial charge in [-0.2, -0.15) is 0 Å². The highest BCUT2D eigenvalue weighted by molar-refractivity contribution is 6.31. The molecule has 6 N–H and O–H groups in total. The highest BCUT2D eigenvalue weighted by Crippen LogP contribution is 2.17. The molecule has 0 saturated heterocycles. The predicted molar refractivity (Wildman–Crippen MR) is 96.3 cm³/mol. The fourth-order valence-corrected chi connectivity index (χ4v) is 2.08. The van der Waals surface area contributed by atoms with E-state index in [0.717, 1.165) is 6.42 Å². The fraction of sp³-hybridized carbons (Fsp3) is 0.600. The molecule has 1 rings (SSSR count). The van der Waals surface area contributed by atoms with Gasteiger partial charge < -0.3 is 26.8 Å². The minimum Gasteiger partial charge on any atom is -0.444 e. The Bertz CT molecular complexity index is 632. The third kappa shape index (κ3) is 7.00. The van der Waals surface area contributed by atoms with E-state index < -0.39 is 17.6 Å². The molecule has 0 aliphatic rings. The van der Waals surface area contributed by atoms with E-state index in [1.807, 2.05) is 6.92 Å². The minimum atomic E-state index is -0.602. The number of nitrogen functional groups attached to an aromatic ring is 2. The molecule has 1 atom stereocenters. The second kappa shape index (κ2) is 8.70. The highest BCUT2D eigenvalue weighted by atomic mass is 35.5. The molecule has 0 fully saturated rings. The van der Waals surface area contributed by atoms with Crippen molar-refractivity contribution in [1.82, 2.24) is 20.6 Å².